The number of amides is 1. The van der Waals surface area contributed by atoms with E-state index in [1.54, 1.807) is 41.3 Å². The summed E-state index contributed by atoms with van der Waals surface area (Å²) in [5.74, 6) is -0.959. The van der Waals surface area contributed by atoms with Crippen molar-refractivity contribution in [3.63, 3.8) is 0 Å². The number of benzene rings is 2. The molecule has 0 saturated carbocycles. The quantitative estimate of drug-likeness (QED) is 0.588. The predicted molar refractivity (Wildman–Crippen MR) is 103 cm³/mol. The number of hydrogen-bond donors (Lipinski definition) is 0. The summed E-state index contributed by atoms with van der Waals surface area (Å²) in [5, 5.41) is 0. The lowest BCUT2D eigenvalue weighted by Gasteiger charge is -2.35. The SMILES string of the molecule is C[C@@H]1CN(C(=O)COC(=O)c2ccc(C(=O)c3ccccc3)cc2)C[C@@H](C)O1. The van der Waals surface area contributed by atoms with E-state index < -0.39 is 5.97 Å². The molecule has 146 valence electrons. The smallest absolute Gasteiger partial charge is 0.338 e. The predicted octanol–water partition coefficient (Wildman–Crippen LogP) is 2.71. The molecule has 1 saturated heterocycles. The molecule has 0 aliphatic carbocycles. The molecular formula is C22H23NO5. The van der Waals surface area contributed by atoms with E-state index in [4.69, 9.17) is 9.47 Å². The lowest BCUT2D eigenvalue weighted by Crippen LogP contribution is -2.49. The summed E-state index contributed by atoms with van der Waals surface area (Å²) in [5.41, 5.74) is 1.36. The average molecular weight is 381 g/mol. The van der Waals surface area contributed by atoms with Crippen LogP contribution in [0, 0.1) is 0 Å². The number of carbonyl (C=O) groups excluding carboxylic acids is 3. The maximum atomic E-state index is 12.4. The summed E-state index contributed by atoms with van der Waals surface area (Å²) in [7, 11) is 0. The minimum Gasteiger partial charge on any atom is -0.452 e. The average Bonchev–Trinajstić information content (AvgIpc) is 2.71. The van der Waals surface area contributed by atoms with Gasteiger partial charge >= 0.3 is 5.97 Å². The molecule has 6 heteroatoms. The fourth-order valence-electron chi connectivity index (χ4n) is 3.20. The van der Waals surface area contributed by atoms with Gasteiger partial charge in [-0.1, -0.05) is 42.5 Å². The highest BCUT2D eigenvalue weighted by atomic mass is 16.5. The lowest BCUT2D eigenvalue weighted by molar-refractivity contribution is -0.146. The molecule has 1 heterocycles. The van der Waals surface area contributed by atoms with Crippen LogP contribution in [0.25, 0.3) is 0 Å². The van der Waals surface area contributed by atoms with Crippen molar-refractivity contribution < 1.29 is 23.9 Å². The van der Waals surface area contributed by atoms with E-state index in [0.29, 0.717) is 29.8 Å². The molecule has 2 atom stereocenters. The second-order valence-electron chi connectivity index (χ2n) is 6.90. The van der Waals surface area contributed by atoms with Gasteiger partial charge in [-0.2, -0.15) is 0 Å². The minimum absolute atomic E-state index is 0.0434. The Hall–Kier alpha value is -2.99. The van der Waals surface area contributed by atoms with Gasteiger partial charge in [0.2, 0.25) is 0 Å². The third-order valence-corrected chi connectivity index (χ3v) is 4.52. The third kappa shape index (κ3) is 4.84. The minimum atomic E-state index is -0.596. The highest BCUT2D eigenvalue weighted by molar-refractivity contribution is 6.09. The Balaban J connectivity index is 1.56. The molecule has 3 rings (SSSR count). The Bertz CT molecular complexity index is 837. The zero-order valence-electron chi connectivity index (χ0n) is 16.0. The normalized spacial score (nSPS) is 19.1. The number of carbonyl (C=O) groups is 3. The van der Waals surface area contributed by atoms with Crippen LogP contribution in [-0.2, 0) is 14.3 Å². The van der Waals surface area contributed by atoms with Crippen molar-refractivity contribution in [2.24, 2.45) is 0 Å². The number of hydrogen-bond acceptors (Lipinski definition) is 5. The summed E-state index contributed by atoms with van der Waals surface area (Å²) in [6.45, 7) is 4.46. The fraction of sp³-hybridized carbons (Fsp3) is 0.318. The molecular weight excluding hydrogens is 358 g/mol. The van der Waals surface area contributed by atoms with E-state index in [0.717, 1.165) is 0 Å². The van der Waals surface area contributed by atoms with E-state index in [-0.39, 0.29) is 30.5 Å². The van der Waals surface area contributed by atoms with Crippen molar-refractivity contribution in [3.8, 4) is 0 Å². The molecule has 28 heavy (non-hydrogen) atoms. The molecule has 0 radical (unpaired) electrons. The van der Waals surface area contributed by atoms with E-state index in [1.807, 2.05) is 19.9 Å². The molecule has 1 aliphatic rings. The van der Waals surface area contributed by atoms with Gasteiger partial charge in [0.1, 0.15) is 0 Å². The number of esters is 1. The van der Waals surface area contributed by atoms with Crippen molar-refractivity contribution in [2.75, 3.05) is 19.7 Å². The van der Waals surface area contributed by atoms with Crippen molar-refractivity contribution in [2.45, 2.75) is 26.1 Å². The monoisotopic (exact) mass is 381 g/mol. The fourth-order valence-corrected chi connectivity index (χ4v) is 3.20. The van der Waals surface area contributed by atoms with Gasteiger partial charge in [0.25, 0.3) is 5.91 Å². The Morgan fingerprint density at radius 3 is 2.04 bits per heavy atom. The summed E-state index contributed by atoms with van der Waals surface area (Å²) in [4.78, 5) is 38.5. The lowest BCUT2D eigenvalue weighted by atomic mass is 10.0. The van der Waals surface area contributed by atoms with Gasteiger partial charge in [-0.25, -0.2) is 4.79 Å². The first-order valence-corrected chi connectivity index (χ1v) is 9.24. The Kier molecular flexibility index (Phi) is 6.21. The first-order chi connectivity index (χ1) is 13.4. The number of rotatable bonds is 5. The number of ether oxygens (including phenoxy) is 2. The van der Waals surface area contributed by atoms with Crippen LogP contribution in [0.15, 0.2) is 54.6 Å². The molecule has 2 aromatic carbocycles. The maximum Gasteiger partial charge on any atom is 0.338 e. The summed E-state index contributed by atoms with van der Waals surface area (Å²) < 4.78 is 10.7. The Morgan fingerprint density at radius 2 is 1.43 bits per heavy atom. The van der Waals surface area contributed by atoms with Crippen molar-refractivity contribution >= 4 is 17.7 Å². The Labute approximate surface area is 164 Å². The van der Waals surface area contributed by atoms with Gasteiger partial charge in [-0.3, -0.25) is 9.59 Å². The summed E-state index contributed by atoms with van der Waals surface area (Å²) in [6, 6.07) is 15.1. The van der Waals surface area contributed by atoms with E-state index in [1.165, 1.54) is 12.1 Å². The third-order valence-electron chi connectivity index (χ3n) is 4.52. The Morgan fingerprint density at radius 1 is 0.893 bits per heavy atom. The van der Waals surface area contributed by atoms with Crippen LogP contribution in [0.1, 0.15) is 40.1 Å². The van der Waals surface area contributed by atoms with E-state index in [2.05, 4.69) is 0 Å². The molecule has 0 bridgehead atoms. The maximum absolute atomic E-state index is 12.4. The highest BCUT2D eigenvalue weighted by Crippen LogP contribution is 2.13. The van der Waals surface area contributed by atoms with Crippen LogP contribution in [0.4, 0.5) is 0 Å². The molecule has 1 amide bonds. The van der Waals surface area contributed by atoms with Crippen LogP contribution in [0.2, 0.25) is 0 Å². The molecule has 0 N–H and O–H groups in total. The van der Waals surface area contributed by atoms with E-state index >= 15 is 0 Å². The van der Waals surface area contributed by atoms with Crippen molar-refractivity contribution in [1.29, 1.82) is 0 Å². The van der Waals surface area contributed by atoms with Gasteiger partial charge in [0.05, 0.1) is 17.8 Å². The molecule has 6 nitrogen and oxygen atoms in total. The van der Waals surface area contributed by atoms with Gasteiger partial charge in [-0.05, 0) is 26.0 Å². The first-order valence-electron chi connectivity index (χ1n) is 9.24. The van der Waals surface area contributed by atoms with Crippen LogP contribution >= 0.6 is 0 Å². The second kappa shape index (κ2) is 8.80. The second-order valence-corrected chi connectivity index (χ2v) is 6.90. The molecule has 0 aromatic heterocycles. The zero-order chi connectivity index (χ0) is 20.1. The van der Waals surface area contributed by atoms with Crippen LogP contribution in [-0.4, -0.2) is 54.5 Å². The molecule has 1 fully saturated rings. The van der Waals surface area contributed by atoms with Gasteiger partial charge < -0.3 is 14.4 Å². The number of ketones is 1. The molecule has 1 aliphatic heterocycles. The van der Waals surface area contributed by atoms with Crippen molar-refractivity contribution in [1.82, 2.24) is 4.90 Å². The molecule has 0 unspecified atom stereocenters. The summed E-state index contributed by atoms with van der Waals surface area (Å²) in [6.07, 6.45) is -0.0869. The summed E-state index contributed by atoms with van der Waals surface area (Å²) >= 11 is 0. The van der Waals surface area contributed by atoms with Crippen LogP contribution in [0.5, 0.6) is 0 Å². The first kappa shape index (κ1) is 19.8. The van der Waals surface area contributed by atoms with Gasteiger partial charge in [-0.15, -0.1) is 0 Å². The molecule has 2 aromatic rings. The van der Waals surface area contributed by atoms with Gasteiger partial charge in [0, 0.05) is 24.2 Å². The van der Waals surface area contributed by atoms with Crippen LogP contribution < -0.4 is 0 Å². The number of morpholine rings is 1. The van der Waals surface area contributed by atoms with Crippen LogP contribution in [0.3, 0.4) is 0 Å². The highest BCUT2D eigenvalue weighted by Gasteiger charge is 2.26. The zero-order valence-corrected chi connectivity index (χ0v) is 16.0. The van der Waals surface area contributed by atoms with Gasteiger partial charge in [0.15, 0.2) is 12.4 Å². The standard InChI is InChI=1S/C22H23NO5/c1-15-12-23(13-16(2)28-15)20(24)14-27-22(26)19-10-8-18(9-11-19)21(25)17-6-4-3-5-7-17/h3-11,15-16H,12-14H2,1-2H3/t15-,16-/m1/s1. The largest absolute Gasteiger partial charge is 0.452 e. The topological polar surface area (TPSA) is 72.9 Å². The molecule has 0 spiro atoms. The van der Waals surface area contributed by atoms with E-state index in [9.17, 15) is 14.4 Å². The number of nitrogens with zero attached hydrogens (tertiary/aromatic N) is 1. The van der Waals surface area contributed by atoms with Crippen molar-refractivity contribution in [3.05, 3.63) is 71.3 Å².